The minimum atomic E-state index is -0.0477. The van der Waals surface area contributed by atoms with E-state index in [4.69, 9.17) is 10.5 Å². The van der Waals surface area contributed by atoms with E-state index in [1.165, 1.54) is 23.6 Å². The van der Waals surface area contributed by atoms with Crippen LogP contribution in [0.25, 0.3) is 10.8 Å². The topological polar surface area (TPSA) is 35.2 Å². The molecule has 0 saturated carbocycles. The zero-order chi connectivity index (χ0) is 14.4. The third-order valence-corrected chi connectivity index (χ3v) is 3.68. The lowest BCUT2D eigenvalue weighted by Crippen LogP contribution is -2.19. The highest BCUT2D eigenvalue weighted by molar-refractivity contribution is 5.83. The molecule has 0 bridgehead atoms. The average Bonchev–Trinajstić information content (AvgIpc) is 2.47. The van der Waals surface area contributed by atoms with Gasteiger partial charge in [-0.25, -0.2) is 0 Å². The van der Waals surface area contributed by atoms with Gasteiger partial charge < -0.3 is 10.5 Å². The molecule has 2 heteroatoms. The van der Waals surface area contributed by atoms with E-state index in [-0.39, 0.29) is 6.04 Å². The summed E-state index contributed by atoms with van der Waals surface area (Å²) in [5.74, 6) is 0.615. The summed E-state index contributed by atoms with van der Waals surface area (Å²) in [5.41, 5.74) is 7.37. The third-order valence-electron chi connectivity index (χ3n) is 3.68. The number of fused-ring (bicyclic) bond motifs is 1. The summed E-state index contributed by atoms with van der Waals surface area (Å²) in [7, 11) is 0. The minimum absolute atomic E-state index is 0.0477. The molecule has 0 aliphatic carbocycles. The zero-order valence-electron chi connectivity index (χ0n) is 12.5. The lowest BCUT2D eigenvalue weighted by molar-refractivity contribution is 0.0909. The molecule has 108 valence electrons. The molecular formula is C18H25NO. The van der Waals surface area contributed by atoms with E-state index in [2.05, 4.69) is 56.3 Å². The zero-order valence-corrected chi connectivity index (χ0v) is 12.5. The maximum atomic E-state index is 6.22. The van der Waals surface area contributed by atoms with Crippen molar-refractivity contribution in [3.05, 3.63) is 48.0 Å². The largest absolute Gasteiger partial charge is 0.379 e. The van der Waals surface area contributed by atoms with E-state index in [0.717, 1.165) is 12.2 Å². The molecule has 0 aliphatic rings. The standard InChI is InChI=1S/C18H25NO/c1-3-6-14(2)12-20-13-18(19)17-10-9-15-7-4-5-8-16(15)11-17/h4-5,7-11,14,18H,3,6,12-13,19H2,1-2H3. The summed E-state index contributed by atoms with van der Waals surface area (Å²) in [4.78, 5) is 0. The van der Waals surface area contributed by atoms with Gasteiger partial charge in [-0.2, -0.15) is 0 Å². The van der Waals surface area contributed by atoms with E-state index < -0.39 is 0 Å². The number of benzene rings is 2. The van der Waals surface area contributed by atoms with Crippen LogP contribution in [0.1, 0.15) is 38.3 Å². The summed E-state index contributed by atoms with van der Waals surface area (Å²) >= 11 is 0. The highest BCUT2D eigenvalue weighted by Gasteiger charge is 2.08. The van der Waals surface area contributed by atoms with Crippen LogP contribution in [0, 0.1) is 5.92 Å². The maximum absolute atomic E-state index is 6.22. The van der Waals surface area contributed by atoms with Crippen LogP contribution in [0.15, 0.2) is 42.5 Å². The quantitative estimate of drug-likeness (QED) is 0.815. The van der Waals surface area contributed by atoms with Gasteiger partial charge in [0.25, 0.3) is 0 Å². The molecule has 0 radical (unpaired) electrons. The van der Waals surface area contributed by atoms with Crippen molar-refractivity contribution in [1.29, 1.82) is 0 Å². The normalized spacial score (nSPS) is 14.3. The summed E-state index contributed by atoms with van der Waals surface area (Å²) in [6.45, 7) is 5.82. The molecule has 2 aromatic carbocycles. The van der Waals surface area contributed by atoms with Crippen molar-refractivity contribution >= 4 is 10.8 Å². The molecule has 2 atom stereocenters. The molecule has 0 saturated heterocycles. The van der Waals surface area contributed by atoms with Crippen LogP contribution < -0.4 is 5.73 Å². The second-order valence-electron chi connectivity index (χ2n) is 5.64. The van der Waals surface area contributed by atoms with Gasteiger partial charge in [0.15, 0.2) is 0 Å². The number of hydrogen-bond acceptors (Lipinski definition) is 2. The van der Waals surface area contributed by atoms with Crippen LogP contribution in [0.4, 0.5) is 0 Å². The molecule has 20 heavy (non-hydrogen) atoms. The average molecular weight is 271 g/mol. The van der Waals surface area contributed by atoms with Crippen LogP contribution in [-0.4, -0.2) is 13.2 Å². The first-order valence-corrected chi connectivity index (χ1v) is 7.52. The Bertz CT molecular complexity index is 538. The number of nitrogens with two attached hydrogens (primary N) is 1. The Labute approximate surface area is 121 Å². The Morgan fingerprint density at radius 3 is 2.55 bits per heavy atom. The van der Waals surface area contributed by atoms with E-state index in [1.807, 2.05) is 0 Å². The molecule has 0 amide bonds. The number of rotatable bonds is 7. The first-order valence-electron chi connectivity index (χ1n) is 7.52. The van der Waals surface area contributed by atoms with Crippen LogP contribution >= 0.6 is 0 Å². The molecule has 2 unspecified atom stereocenters. The fourth-order valence-corrected chi connectivity index (χ4v) is 2.51. The minimum Gasteiger partial charge on any atom is -0.379 e. The van der Waals surface area contributed by atoms with Crippen molar-refractivity contribution < 1.29 is 4.74 Å². The molecule has 2 rings (SSSR count). The van der Waals surface area contributed by atoms with Gasteiger partial charge in [-0.3, -0.25) is 0 Å². The van der Waals surface area contributed by atoms with Crippen molar-refractivity contribution in [2.24, 2.45) is 11.7 Å². The molecule has 0 aromatic heterocycles. The van der Waals surface area contributed by atoms with E-state index >= 15 is 0 Å². The van der Waals surface area contributed by atoms with Gasteiger partial charge in [0.05, 0.1) is 12.6 Å². The number of ether oxygens (including phenoxy) is 1. The Morgan fingerprint density at radius 1 is 1.05 bits per heavy atom. The first kappa shape index (κ1) is 15.0. The predicted molar refractivity (Wildman–Crippen MR) is 85.8 cm³/mol. The highest BCUT2D eigenvalue weighted by atomic mass is 16.5. The van der Waals surface area contributed by atoms with Gasteiger partial charge >= 0.3 is 0 Å². The van der Waals surface area contributed by atoms with Crippen molar-refractivity contribution in [3.63, 3.8) is 0 Å². The maximum Gasteiger partial charge on any atom is 0.0659 e. The fourth-order valence-electron chi connectivity index (χ4n) is 2.51. The van der Waals surface area contributed by atoms with Gasteiger partial charge in [-0.15, -0.1) is 0 Å². The lowest BCUT2D eigenvalue weighted by atomic mass is 10.0. The second-order valence-corrected chi connectivity index (χ2v) is 5.64. The number of hydrogen-bond donors (Lipinski definition) is 1. The Hall–Kier alpha value is -1.38. The van der Waals surface area contributed by atoms with Gasteiger partial charge in [-0.1, -0.05) is 56.7 Å². The van der Waals surface area contributed by atoms with E-state index in [1.54, 1.807) is 0 Å². The SMILES string of the molecule is CCCC(C)COCC(N)c1ccc2ccccc2c1. The van der Waals surface area contributed by atoms with Crippen LogP contribution in [0.2, 0.25) is 0 Å². The van der Waals surface area contributed by atoms with Gasteiger partial charge in [0.1, 0.15) is 0 Å². The van der Waals surface area contributed by atoms with Gasteiger partial charge in [-0.05, 0) is 34.7 Å². The molecule has 0 fully saturated rings. The Morgan fingerprint density at radius 2 is 1.80 bits per heavy atom. The highest BCUT2D eigenvalue weighted by Crippen LogP contribution is 2.19. The van der Waals surface area contributed by atoms with Crippen LogP contribution in [0.3, 0.4) is 0 Å². The molecule has 0 aliphatic heterocycles. The summed E-state index contributed by atoms with van der Waals surface area (Å²) in [6, 6.07) is 14.7. The molecule has 0 heterocycles. The second kappa shape index (κ2) is 7.41. The Kier molecular flexibility index (Phi) is 5.57. The van der Waals surface area contributed by atoms with Crippen molar-refractivity contribution in [2.45, 2.75) is 32.7 Å². The van der Waals surface area contributed by atoms with E-state index in [9.17, 15) is 0 Å². The van der Waals surface area contributed by atoms with Crippen molar-refractivity contribution in [2.75, 3.05) is 13.2 Å². The van der Waals surface area contributed by atoms with Crippen LogP contribution in [-0.2, 0) is 4.74 Å². The van der Waals surface area contributed by atoms with Crippen molar-refractivity contribution in [3.8, 4) is 0 Å². The van der Waals surface area contributed by atoms with Crippen LogP contribution in [0.5, 0.6) is 0 Å². The van der Waals surface area contributed by atoms with Gasteiger partial charge in [0.2, 0.25) is 0 Å². The predicted octanol–water partition coefficient (Wildman–Crippen LogP) is 4.29. The molecule has 2 aromatic rings. The molecule has 2 N–H and O–H groups in total. The smallest absolute Gasteiger partial charge is 0.0659 e. The first-order chi connectivity index (χ1) is 9.70. The lowest BCUT2D eigenvalue weighted by Gasteiger charge is -2.16. The van der Waals surface area contributed by atoms with E-state index in [0.29, 0.717) is 12.5 Å². The van der Waals surface area contributed by atoms with Gasteiger partial charge in [0, 0.05) is 6.61 Å². The monoisotopic (exact) mass is 271 g/mol. The molecule has 0 spiro atoms. The summed E-state index contributed by atoms with van der Waals surface area (Å²) in [5, 5.41) is 2.49. The third kappa shape index (κ3) is 4.06. The Balaban J connectivity index is 1.92. The summed E-state index contributed by atoms with van der Waals surface area (Å²) < 4.78 is 5.75. The fraction of sp³-hybridized carbons (Fsp3) is 0.444. The molecule has 2 nitrogen and oxygen atoms in total. The molecular weight excluding hydrogens is 246 g/mol. The summed E-state index contributed by atoms with van der Waals surface area (Å²) in [6.07, 6.45) is 2.42. The van der Waals surface area contributed by atoms with Crippen molar-refractivity contribution in [1.82, 2.24) is 0 Å².